The Kier molecular flexibility index (Phi) is 5.32. The molecule has 7 nitrogen and oxygen atoms in total. The highest BCUT2D eigenvalue weighted by molar-refractivity contribution is 5.93. The first-order valence-electron chi connectivity index (χ1n) is 8.03. The summed E-state index contributed by atoms with van der Waals surface area (Å²) in [6.07, 6.45) is 7.67. The van der Waals surface area contributed by atoms with E-state index in [4.69, 9.17) is 4.74 Å². The molecule has 1 aliphatic rings. The van der Waals surface area contributed by atoms with Crippen LogP contribution in [-0.2, 0) is 11.2 Å². The normalized spacial score (nSPS) is 14.5. The van der Waals surface area contributed by atoms with Gasteiger partial charge in [0.1, 0.15) is 0 Å². The summed E-state index contributed by atoms with van der Waals surface area (Å²) >= 11 is 0. The van der Waals surface area contributed by atoms with Gasteiger partial charge in [-0.05, 0) is 24.1 Å². The van der Waals surface area contributed by atoms with Gasteiger partial charge in [0.2, 0.25) is 5.95 Å². The second-order valence-corrected chi connectivity index (χ2v) is 5.70. The summed E-state index contributed by atoms with van der Waals surface area (Å²) in [5.74, 6) is 0.576. The molecule has 2 aromatic heterocycles. The number of ether oxygens (including phenoxy) is 1. The van der Waals surface area contributed by atoms with E-state index in [1.54, 1.807) is 29.7 Å². The maximum absolute atomic E-state index is 12.4. The molecule has 7 heteroatoms. The number of rotatable bonds is 5. The molecule has 1 amide bonds. The zero-order valence-corrected chi connectivity index (χ0v) is 13.8. The number of carbonyl (C=O) groups is 1. The zero-order valence-electron chi connectivity index (χ0n) is 13.8. The number of hydrogen-bond donors (Lipinski definition) is 0. The maximum Gasteiger partial charge on any atom is 0.257 e. The molecule has 2 aromatic rings. The van der Waals surface area contributed by atoms with Gasteiger partial charge in [-0.25, -0.2) is 9.97 Å². The molecule has 1 saturated heterocycles. The molecule has 0 aliphatic carbocycles. The third kappa shape index (κ3) is 4.05. The van der Waals surface area contributed by atoms with Crippen molar-refractivity contribution in [3.05, 3.63) is 48.0 Å². The Labute approximate surface area is 141 Å². The lowest BCUT2D eigenvalue weighted by Gasteiger charge is -2.26. The summed E-state index contributed by atoms with van der Waals surface area (Å²) in [4.78, 5) is 28.8. The number of morpholine rings is 1. The van der Waals surface area contributed by atoms with E-state index in [1.807, 2.05) is 24.1 Å². The van der Waals surface area contributed by atoms with Gasteiger partial charge in [0.05, 0.1) is 18.8 Å². The minimum Gasteiger partial charge on any atom is -0.378 e. The molecule has 0 aromatic carbocycles. The summed E-state index contributed by atoms with van der Waals surface area (Å²) < 4.78 is 5.26. The molecule has 0 spiro atoms. The van der Waals surface area contributed by atoms with Crippen LogP contribution in [0.4, 0.5) is 5.95 Å². The van der Waals surface area contributed by atoms with E-state index < -0.39 is 0 Å². The predicted molar refractivity (Wildman–Crippen MR) is 90.0 cm³/mol. The number of carbonyl (C=O) groups excluding carboxylic acids is 1. The summed E-state index contributed by atoms with van der Waals surface area (Å²) in [6.45, 7) is 3.20. The Morgan fingerprint density at radius 2 is 1.88 bits per heavy atom. The molecular formula is C17H21N5O2. The second-order valence-electron chi connectivity index (χ2n) is 5.70. The van der Waals surface area contributed by atoms with E-state index >= 15 is 0 Å². The number of nitrogens with zero attached hydrogens (tertiary/aromatic N) is 5. The third-order valence-corrected chi connectivity index (χ3v) is 4.01. The Bertz CT molecular complexity index is 656. The highest BCUT2D eigenvalue weighted by atomic mass is 16.5. The van der Waals surface area contributed by atoms with Gasteiger partial charge in [-0.3, -0.25) is 9.78 Å². The first kappa shape index (κ1) is 16.3. The molecule has 0 atom stereocenters. The maximum atomic E-state index is 12.4. The van der Waals surface area contributed by atoms with E-state index in [-0.39, 0.29) is 5.91 Å². The molecule has 0 N–H and O–H groups in total. The number of hydrogen-bond acceptors (Lipinski definition) is 6. The lowest BCUT2D eigenvalue weighted by Crippen LogP contribution is -2.40. The topological polar surface area (TPSA) is 71.5 Å². The minimum absolute atomic E-state index is 0.0377. The largest absolute Gasteiger partial charge is 0.378 e. The monoisotopic (exact) mass is 327 g/mol. The highest BCUT2D eigenvalue weighted by Gasteiger charge is 2.19. The van der Waals surface area contributed by atoms with Crippen molar-refractivity contribution in [1.29, 1.82) is 0 Å². The van der Waals surface area contributed by atoms with Crippen molar-refractivity contribution in [2.45, 2.75) is 6.42 Å². The Hall–Kier alpha value is -2.54. The van der Waals surface area contributed by atoms with Crippen LogP contribution in [0.1, 0.15) is 15.9 Å². The molecular weight excluding hydrogens is 306 g/mol. The molecule has 1 aliphatic heterocycles. The average molecular weight is 327 g/mol. The van der Waals surface area contributed by atoms with Crippen LogP contribution >= 0.6 is 0 Å². The molecule has 1 fully saturated rings. The van der Waals surface area contributed by atoms with Crippen molar-refractivity contribution in [2.24, 2.45) is 0 Å². The van der Waals surface area contributed by atoms with Crippen LogP contribution in [0.5, 0.6) is 0 Å². The quantitative estimate of drug-likeness (QED) is 0.817. The standard InChI is InChI=1S/C17H21N5O2/c1-21(7-4-14-2-5-18-6-3-14)17-19-12-15(13-20-17)16(23)22-8-10-24-11-9-22/h2-3,5-6,12-13H,4,7-11H2,1H3. The summed E-state index contributed by atoms with van der Waals surface area (Å²) in [7, 11) is 1.94. The minimum atomic E-state index is -0.0377. The van der Waals surface area contributed by atoms with Gasteiger partial charge in [-0.1, -0.05) is 0 Å². The lowest BCUT2D eigenvalue weighted by molar-refractivity contribution is 0.0302. The lowest BCUT2D eigenvalue weighted by atomic mass is 10.2. The van der Waals surface area contributed by atoms with Crippen LogP contribution in [0.3, 0.4) is 0 Å². The van der Waals surface area contributed by atoms with Crippen molar-refractivity contribution < 1.29 is 9.53 Å². The number of pyridine rings is 1. The predicted octanol–water partition coefficient (Wildman–Crippen LogP) is 1.02. The van der Waals surface area contributed by atoms with E-state index in [0.29, 0.717) is 37.8 Å². The van der Waals surface area contributed by atoms with Gasteiger partial charge in [0, 0.05) is 51.5 Å². The van der Waals surface area contributed by atoms with E-state index in [0.717, 1.165) is 13.0 Å². The fourth-order valence-corrected chi connectivity index (χ4v) is 2.52. The van der Waals surface area contributed by atoms with Crippen LogP contribution in [0.2, 0.25) is 0 Å². The van der Waals surface area contributed by atoms with Gasteiger partial charge in [0.25, 0.3) is 5.91 Å². The van der Waals surface area contributed by atoms with Gasteiger partial charge >= 0.3 is 0 Å². The summed E-state index contributed by atoms with van der Waals surface area (Å²) in [5, 5.41) is 0. The van der Waals surface area contributed by atoms with E-state index in [2.05, 4.69) is 15.0 Å². The zero-order chi connectivity index (χ0) is 16.8. The molecule has 3 rings (SSSR count). The summed E-state index contributed by atoms with van der Waals surface area (Å²) in [6, 6.07) is 4.00. The Morgan fingerprint density at radius 3 is 2.54 bits per heavy atom. The van der Waals surface area contributed by atoms with Crippen molar-refractivity contribution >= 4 is 11.9 Å². The Morgan fingerprint density at radius 1 is 1.21 bits per heavy atom. The van der Waals surface area contributed by atoms with Crippen molar-refractivity contribution in [2.75, 3.05) is 44.8 Å². The van der Waals surface area contributed by atoms with Crippen molar-refractivity contribution in [3.8, 4) is 0 Å². The molecule has 3 heterocycles. The van der Waals surface area contributed by atoms with Crippen molar-refractivity contribution in [1.82, 2.24) is 19.9 Å². The van der Waals surface area contributed by atoms with Gasteiger partial charge in [-0.15, -0.1) is 0 Å². The van der Waals surface area contributed by atoms with Crippen molar-refractivity contribution in [3.63, 3.8) is 0 Å². The average Bonchev–Trinajstić information content (AvgIpc) is 2.67. The first-order chi connectivity index (χ1) is 11.7. The number of likely N-dealkylation sites (N-methyl/N-ethyl adjacent to an activating group) is 1. The number of aromatic nitrogens is 3. The SMILES string of the molecule is CN(CCc1ccncc1)c1ncc(C(=O)N2CCOCC2)cn1. The second kappa shape index (κ2) is 7.83. The Balaban J connectivity index is 1.58. The number of anilines is 1. The molecule has 0 bridgehead atoms. The van der Waals surface area contributed by atoms with Crippen LogP contribution < -0.4 is 4.90 Å². The molecule has 0 radical (unpaired) electrons. The molecule has 24 heavy (non-hydrogen) atoms. The van der Waals surface area contributed by atoms with Crippen LogP contribution in [0.15, 0.2) is 36.9 Å². The third-order valence-electron chi connectivity index (χ3n) is 4.01. The van der Waals surface area contributed by atoms with Gasteiger partial charge < -0.3 is 14.5 Å². The first-order valence-corrected chi connectivity index (χ1v) is 8.03. The molecule has 126 valence electrons. The number of amides is 1. The van der Waals surface area contributed by atoms with Crippen LogP contribution in [-0.4, -0.2) is 65.7 Å². The van der Waals surface area contributed by atoms with Gasteiger partial charge in [-0.2, -0.15) is 0 Å². The van der Waals surface area contributed by atoms with E-state index in [1.165, 1.54) is 5.56 Å². The smallest absolute Gasteiger partial charge is 0.257 e. The van der Waals surface area contributed by atoms with Gasteiger partial charge in [0.15, 0.2) is 0 Å². The van der Waals surface area contributed by atoms with Crippen LogP contribution in [0.25, 0.3) is 0 Å². The van der Waals surface area contributed by atoms with Crippen LogP contribution in [0, 0.1) is 0 Å². The van der Waals surface area contributed by atoms with E-state index in [9.17, 15) is 4.79 Å². The molecule has 0 saturated carbocycles. The fraction of sp³-hybridized carbons (Fsp3) is 0.412. The fourth-order valence-electron chi connectivity index (χ4n) is 2.52. The summed E-state index contributed by atoms with van der Waals surface area (Å²) in [5.41, 5.74) is 1.74. The highest BCUT2D eigenvalue weighted by Crippen LogP contribution is 2.10. The molecule has 0 unspecified atom stereocenters.